The molecule has 0 atom stereocenters. The number of nitrogens with zero attached hydrogens (tertiary/aromatic N) is 3. The molecule has 2 aromatic rings. The Labute approximate surface area is 133 Å². The largest absolute Gasteiger partial charge is 0.340 e. The molecular weight excluding hydrogens is 274 g/mol. The van der Waals surface area contributed by atoms with Gasteiger partial charge in [-0.1, -0.05) is 18.2 Å². The zero-order chi connectivity index (χ0) is 15.9. The number of nitrogens with one attached hydrogen (secondary N) is 2. The molecule has 120 valence electrons. The Morgan fingerprint density at radius 1 is 1.23 bits per heavy atom. The van der Waals surface area contributed by atoms with Crippen molar-refractivity contribution >= 4 is 11.5 Å². The second kappa shape index (κ2) is 7.96. The molecular formula is C17H27N5. The van der Waals surface area contributed by atoms with Gasteiger partial charge < -0.3 is 15.5 Å². The zero-order valence-corrected chi connectivity index (χ0v) is 14.1. The fourth-order valence-electron chi connectivity index (χ4n) is 2.41. The maximum absolute atomic E-state index is 4.37. The van der Waals surface area contributed by atoms with Gasteiger partial charge in [0, 0.05) is 25.3 Å². The molecule has 5 nitrogen and oxygen atoms in total. The van der Waals surface area contributed by atoms with Gasteiger partial charge in [0.05, 0.1) is 5.69 Å². The summed E-state index contributed by atoms with van der Waals surface area (Å²) in [7, 11) is 6.17. The SMILES string of the molecule is Cc1cc(Nc2ccccc2CNCCCN(C)C)n(C)n1. The van der Waals surface area contributed by atoms with Crippen molar-refractivity contribution in [2.45, 2.75) is 19.9 Å². The summed E-state index contributed by atoms with van der Waals surface area (Å²) in [5.74, 6) is 1.01. The highest BCUT2D eigenvalue weighted by molar-refractivity contribution is 5.61. The van der Waals surface area contributed by atoms with Gasteiger partial charge in [-0.15, -0.1) is 0 Å². The first kappa shape index (κ1) is 16.5. The monoisotopic (exact) mass is 301 g/mol. The molecule has 0 radical (unpaired) electrons. The number of rotatable bonds is 8. The molecule has 0 aliphatic carbocycles. The number of hydrogen-bond donors (Lipinski definition) is 2. The van der Waals surface area contributed by atoms with Crippen molar-refractivity contribution in [1.82, 2.24) is 20.0 Å². The van der Waals surface area contributed by atoms with Crippen LogP contribution in [0, 0.1) is 6.92 Å². The Morgan fingerprint density at radius 2 is 2.00 bits per heavy atom. The molecule has 0 unspecified atom stereocenters. The molecule has 1 heterocycles. The minimum absolute atomic E-state index is 0.868. The van der Waals surface area contributed by atoms with Crippen molar-refractivity contribution in [2.75, 3.05) is 32.5 Å². The van der Waals surface area contributed by atoms with E-state index in [4.69, 9.17) is 0 Å². The Hall–Kier alpha value is -1.85. The number of benzene rings is 1. The molecule has 2 N–H and O–H groups in total. The highest BCUT2D eigenvalue weighted by Crippen LogP contribution is 2.21. The second-order valence-corrected chi connectivity index (χ2v) is 5.91. The van der Waals surface area contributed by atoms with Crippen LogP contribution in [0.2, 0.25) is 0 Å². The topological polar surface area (TPSA) is 45.1 Å². The smallest absolute Gasteiger partial charge is 0.128 e. The van der Waals surface area contributed by atoms with E-state index in [1.54, 1.807) is 0 Å². The highest BCUT2D eigenvalue weighted by atomic mass is 15.3. The van der Waals surface area contributed by atoms with E-state index in [0.29, 0.717) is 0 Å². The Balaban J connectivity index is 1.93. The molecule has 2 rings (SSSR count). The zero-order valence-electron chi connectivity index (χ0n) is 14.1. The fraction of sp³-hybridized carbons (Fsp3) is 0.471. The number of aromatic nitrogens is 2. The van der Waals surface area contributed by atoms with Gasteiger partial charge >= 0.3 is 0 Å². The molecule has 0 aliphatic heterocycles. The van der Waals surface area contributed by atoms with Crippen molar-refractivity contribution in [2.24, 2.45) is 7.05 Å². The Bertz CT molecular complexity index is 588. The first-order valence-electron chi connectivity index (χ1n) is 7.77. The van der Waals surface area contributed by atoms with E-state index >= 15 is 0 Å². The van der Waals surface area contributed by atoms with Gasteiger partial charge in [-0.2, -0.15) is 5.10 Å². The predicted molar refractivity (Wildman–Crippen MR) is 92.5 cm³/mol. The average Bonchev–Trinajstić information content (AvgIpc) is 2.78. The van der Waals surface area contributed by atoms with Crippen LogP contribution >= 0.6 is 0 Å². The molecule has 0 saturated carbocycles. The third-order valence-electron chi connectivity index (χ3n) is 3.56. The van der Waals surface area contributed by atoms with Crippen LogP contribution in [0.3, 0.4) is 0 Å². The minimum Gasteiger partial charge on any atom is -0.340 e. The van der Waals surface area contributed by atoms with Crippen LogP contribution < -0.4 is 10.6 Å². The summed E-state index contributed by atoms with van der Waals surface area (Å²) in [6, 6.07) is 10.5. The maximum Gasteiger partial charge on any atom is 0.128 e. The van der Waals surface area contributed by atoms with Gasteiger partial charge in [-0.3, -0.25) is 4.68 Å². The summed E-state index contributed by atoms with van der Waals surface area (Å²) in [6.45, 7) is 5.01. The van der Waals surface area contributed by atoms with Crippen LogP contribution in [0.5, 0.6) is 0 Å². The van der Waals surface area contributed by atoms with Gasteiger partial charge in [0.1, 0.15) is 5.82 Å². The third kappa shape index (κ3) is 4.86. The molecule has 1 aromatic carbocycles. The van der Waals surface area contributed by atoms with Crippen molar-refractivity contribution in [1.29, 1.82) is 0 Å². The maximum atomic E-state index is 4.37. The third-order valence-corrected chi connectivity index (χ3v) is 3.56. The molecule has 0 saturated heterocycles. The summed E-state index contributed by atoms with van der Waals surface area (Å²) in [4.78, 5) is 2.21. The van der Waals surface area contributed by atoms with Gasteiger partial charge in [-0.05, 0) is 52.2 Å². The van der Waals surface area contributed by atoms with Crippen LogP contribution in [-0.2, 0) is 13.6 Å². The van der Waals surface area contributed by atoms with Gasteiger partial charge in [0.2, 0.25) is 0 Å². The minimum atomic E-state index is 0.868. The predicted octanol–water partition coefficient (Wildman–Crippen LogP) is 2.51. The molecule has 22 heavy (non-hydrogen) atoms. The lowest BCUT2D eigenvalue weighted by Gasteiger charge is -2.13. The first-order valence-corrected chi connectivity index (χ1v) is 7.77. The van der Waals surface area contributed by atoms with E-state index in [0.717, 1.165) is 43.3 Å². The van der Waals surface area contributed by atoms with Crippen molar-refractivity contribution in [3.63, 3.8) is 0 Å². The second-order valence-electron chi connectivity index (χ2n) is 5.91. The van der Waals surface area contributed by atoms with E-state index in [1.807, 2.05) is 18.7 Å². The Morgan fingerprint density at radius 3 is 2.68 bits per heavy atom. The number of anilines is 2. The van der Waals surface area contributed by atoms with Gasteiger partial charge in [-0.25, -0.2) is 0 Å². The molecule has 1 aromatic heterocycles. The molecule has 0 fully saturated rings. The van der Waals surface area contributed by atoms with Crippen LogP contribution in [-0.4, -0.2) is 41.9 Å². The lowest BCUT2D eigenvalue weighted by atomic mass is 10.1. The number of para-hydroxylation sites is 1. The van der Waals surface area contributed by atoms with E-state index < -0.39 is 0 Å². The Kier molecular flexibility index (Phi) is 5.98. The van der Waals surface area contributed by atoms with E-state index in [9.17, 15) is 0 Å². The number of aryl methyl sites for hydroxylation is 2. The van der Waals surface area contributed by atoms with Crippen LogP contribution in [0.4, 0.5) is 11.5 Å². The summed E-state index contributed by atoms with van der Waals surface area (Å²) < 4.78 is 1.87. The molecule has 0 bridgehead atoms. The molecule has 0 spiro atoms. The molecule has 0 amide bonds. The number of hydrogen-bond acceptors (Lipinski definition) is 4. The normalized spacial score (nSPS) is 11.1. The van der Waals surface area contributed by atoms with Gasteiger partial charge in [0.15, 0.2) is 0 Å². The summed E-state index contributed by atoms with van der Waals surface area (Å²) >= 11 is 0. The summed E-state index contributed by atoms with van der Waals surface area (Å²) in [5, 5.41) is 11.4. The van der Waals surface area contributed by atoms with E-state index in [1.165, 1.54) is 5.56 Å². The average molecular weight is 301 g/mol. The van der Waals surface area contributed by atoms with Crippen LogP contribution in [0.25, 0.3) is 0 Å². The highest BCUT2D eigenvalue weighted by Gasteiger charge is 2.06. The molecule has 5 heteroatoms. The summed E-state index contributed by atoms with van der Waals surface area (Å²) in [5.41, 5.74) is 3.42. The molecule has 0 aliphatic rings. The van der Waals surface area contributed by atoms with Gasteiger partial charge in [0.25, 0.3) is 0 Å². The van der Waals surface area contributed by atoms with E-state index in [2.05, 4.69) is 65.1 Å². The first-order chi connectivity index (χ1) is 10.6. The lowest BCUT2D eigenvalue weighted by Crippen LogP contribution is -2.21. The fourth-order valence-corrected chi connectivity index (χ4v) is 2.41. The standard InChI is InChI=1S/C17H27N5/c1-14-12-17(22(4)20-14)19-16-9-6-5-8-15(16)13-18-10-7-11-21(2)3/h5-6,8-9,12,18-19H,7,10-11,13H2,1-4H3. The van der Waals surface area contributed by atoms with Crippen molar-refractivity contribution in [3.05, 3.63) is 41.6 Å². The van der Waals surface area contributed by atoms with E-state index in [-0.39, 0.29) is 0 Å². The van der Waals surface area contributed by atoms with Crippen molar-refractivity contribution in [3.8, 4) is 0 Å². The summed E-state index contributed by atoms with van der Waals surface area (Å²) in [6.07, 6.45) is 1.16. The van der Waals surface area contributed by atoms with Crippen LogP contribution in [0.15, 0.2) is 30.3 Å². The lowest BCUT2D eigenvalue weighted by molar-refractivity contribution is 0.394. The quantitative estimate of drug-likeness (QED) is 0.736. The van der Waals surface area contributed by atoms with Crippen LogP contribution in [0.1, 0.15) is 17.7 Å². The van der Waals surface area contributed by atoms with Crippen molar-refractivity contribution < 1.29 is 0 Å².